The van der Waals surface area contributed by atoms with Gasteiger partial charge in [0.1, 0.15) is 11.6 Å². The van der Waals surface area contributed by atoms with Crippen LogP contribution in [0.25, 0.3) is 0 Å². The second-order valence-electron chi connectivity index (χ2n) is 3.87. The highest BCUT2D eigenvalue weighted by Gasteiger charge is 2.33. The molecular weight excluding hydrogens is 154 g/mol. The number of nitrogens with two attached hydrogens (primary N) is 1. The lowest BCUT2D eigenvalue weighted by atomic mass is 10.1. The third-order valence-corrected chi connectivity index (χ3v) is 2.38. The van der Waals surface area contributed by atoms with E-state index in [0.717, 1.165) is 25.7 Å². The fourth-order valence-corrected chi connectivity index (χ4v) is 1.56. The predicted octanol–water partition coefficient (Wildman–Crippen LogP) is 1.21. The molecule has 1 rings (SSSR count). The lowest BCUT2D eigenvalue weighted by molar-refractivity contribution is -0.158. The maximum absolute atomic E-state index is 11.2. The lowest BCUT2D eigenvalue weighted by Gasteiger charge is -2.24. The molecule has 1 aliphatic carbocycles. The molecule has 70 valence electrons. The van der Waals surface area contributed by atoms with E-state index in [-0.39, 0.29) is 11.6 Å². The van der Waals surface area contributed by atoms with Crippen molar-refractivity contribution >= 4 is 5.97 Å². The van der Waals surface area contributed by atoms with Gasteiger partial charge >= 0.3 is 5.97 Å². The topological polar surface area (TPSA) is 52.3 Å². The van der Waals surface area contributed by atoms with Crippen molar-refractivity contribution in [3.05, 3.63) is 0 Å². The number of ether oxygens (including phenoxy) is 1. The second-order valence-corrected chi connectivity index (χ2v) is 3.87. The van der Waals surface area contributed by atoms with Gasteiger partial charge in [-0.15, -0.1) is 0 Å². The zero-order valence-electron chi connectivity index (χ0n) is 7.80. The molecular formula is C9H17NO2. The highest BCUT2D eigenvalue weighted by Crippen LogP contribution is 2.32. The van der Waals surface area contributed by atoms with Crippen LogP contribution >= 0.6 is 0 Å². The Balaban J connectivity index is 2.44. The van der Waals surface area contributed by atoms with Crippen molar-refractivity contribution in [3.63, 3.8) is 0 Å². The first kappa shape index (κ1) is 9.52. The zero-order valence-corrected chi connectivity index (χ0v) is 7.80. The number of esters is 1. The van der Waals surface area contributed by atoms with Gasteiger partial charge in [0, 0.05) is 0 Å². The molecule has 2 N–H and O–H groups in total. The summed E-state index contributed by atoms with van der Waals surface area (Å²) in [6, 6.07) is -0.498. The maximum Gasteiger partial charge on any atom is 0.323 e. The van der Waals surface area contributed by atoms with Crippen molar-refractivity contribution in [1.82, 2.24) is 0 Å². The van der Waals surface area contributed by atoms with Crippen molar-refractivity contribution < 1.29 is 9.53 Å². The van der Waals surface area contributed by atoms with Crippen LogP contribution in [0.3, 0.4) is 0 Å². The van der Waals surface area contributed by atoms with Crippen LogP contribution in [0.15, 0.2) is 0 Å². The molecule has 1 fully saturated rings. The Morgan fingerprint density at radius 1 is 1.50 bits per heavy atom. The van der Waals surface area contributed by atoms with Crippen LogP contribution in [0.1, 0.15) is 39.5 Å². The monoisotopic (exact) mass is 171 g/mol. The Bertz CT molecular complexity index is 171. The van der Waals surface area contributed by atoms with Gasteiger partial charge in [0.15, 0.2) is 0 Å². The molecule has 0 aromatic carbocycles. The summed E-state index contributed by atoms with van der Waals surface area (Å²) in [6.07, 6.45) is 4.27. The van der Waals surface area contributed by atoms with Gasteiger partial charge in [-0.2, -0.15) is 0 Å². The molecule has 1 atom stereocenters. The molecule has 1 aliphatic rings. The van der Waals surface area contributed by atoms with Crippen molar-refractivity contribution in [1.29, 1.82) is 0 Å². The molecule has 0 radical (unpaired) electrons. The summed E-state index contributed by atoms with van der Waals surface area (Å²) in [7, 11) is 0. The van der Waals surface area contributed by atoms with Crippen molar-refractivity contribution in [3.8, 4) is 0 Å². The van der Waals surface area contributed by atoms with Crippen LogP contribution in [0.2, 0.25) is 0 Å². The SMILES string of the molecule is C[C@H](N)C(=O)OC1(C)CCCC1. The van der Waals surface area contributed by atoms with Gasteiger partial charge < -0.3 is 10.5 Å². The Labute approximate surface area is 73.3 Å². The molecule has 0 aromatic rings. The minimum absolute atomic E-state index is 0.231. The van der Waals surface area contributed by atoms with E-state index in [9.17, 15) is 4.79 Å². The first-order valence-corrected chi connectivity index (χ1v) is 4.52. The van der Waals surface area contributed by atoms with Crippen LogP contribution in [0.5, 0.6) is 0 Å². The summed E-state index contributed by atoms with van der Waals surface area (Å²) in [6.45, 7) is 3.64. The minimum Gasteiger partial charge on any atom is -0.458 e. The van der Waals surface area contributed by atoms with Crippen LogP contribution in [0.4, 0.5) is 0 Å². The zero-order chi connectivity index (χ0) is 9.19. The average molecular weight is 171 g/mol. The van der Waals surface area contributed by atoms with Gasteiger partial charge in [-0.05, 0) is 39.5 Å². The predicted molar refractivity (Wildman–Crippen MR) is 46.6 cm³/mol. The van der Waals surface area contributed by atoms with E-state index in [2.05, 4.69) is 0 Å². The van der Waals surface area contributed by atoms with Crippen LogP contribution in [-0.2, 0) is 9.53 Å². The quantitative estimate of drug-likeness (QED) is 0.635. The normalized spacial score (nSPS) is 23.6. The second kappa shape index (κ2) is 3.44. The number of hydrogen-bond donors (Lipinski definition) is 1. The Morgan fingerprint density at radius 3 is 2.42 bits per heavy atom. The summed E-state index contributed by atoms with van der Waals surface area (Å²) in [4.78, 5) is 11.2. The van der Waals surface area contributed by atoms with Crippen molar-refractivity contribution in [2.24, 2.45) is 5.73 Å². The van der Waals surface area contributed by atoms with Gasteiger partial charge in [-0.25, -0.2) is 0 Å². The first-order chi connectivity index (χ1) is 5.53. The highest BCUT2D eigenvalue weighted by atomic mass is 16.6. The Hall–Kier alpha value is -0.570. The largest absolute Gasteiger partial charge is 0.458 e. The van der Waals surface area contributed by atoms with Crippen molar-refractivity contribution in [2.45, 2.75) is 51.2 Å². The average Bonchev–Trinajstić information content (AvgIpc) is 2.35. The first-order valence-electron chi connectivity index (χ1n) is 4.52. The molecule has 3 nitrogen and oxygen atoms in total. The smallest absolute Gasteiger partial charge is 0.323 e. The van der Waals surface area contributed by atoms with E-state index in [1.165, 1.54) is 0 Å². The van der Waals surface area contributed by atoms with E-state index >= 15 is 0 Å². The molecule has 0 amide bonds. The highest BCUT2D eigenvalue weighted by molar-refractivity contribution is 5.75. The molecule has 0 bridgehead atoms. The fraction of sp³-hybridized carbons (Fsp3) is 0.889. The molecule has 0 unspecified atom stereocenters. The number of hydrogen-bond acceptors (Lipinski definition) is 3. The Kier molecular flexibility index (Phi) is 2.73. The summed E-state index contributed by atoms with van der Waals surface area (Å²) in [5.74, 6) is -0.278. The van der Waals surface area contributed by atoms with Gasteiger partial charge in [0.05, 0.1) is 0 Å². The minimum atomic E-state index is -0.498. The summed E-state index contributed by atoms with van der Waals surface area (Å²) in [5, 5.41) is 0. The standard InChI is InChI=1S/C9H17NO2/c1-7(10)8(11)12-9(2)5-3-4-6-9/h7H,3-6,10H2,1-2H3/t7-/m0/s1. The Morgan fingerprint density at radius 2 is 2.00 bits per heavy atom. The van der Waals surface area contributed by atoms with Gasteiger partial charge in [-0.1, -0.05) is 0 Å². The lowest BCUT2D eigenvalue weighted by Crippen LogP contribution is -2.36. The number of carbonyl (C=O) groups is 1. The molecule has 0 saturated heterocycles. The van der Waals surface area contributed by atoms with E-state index in [1.54, 1.807) is 6.92 Å². The van der Waals surface area contributed by atoms with E-state index in [1.807, 2.05) is 6.92 Å². The third kappa shape index (κ3) is 2.21. The molecule has 0 aromatic heterocycles. The van der Waals surface area contributed by atoms with Crippen LogP contribution < -0.4 is 5.73 Å². The molecule has 3 heteroatoms. The molecule has 0 heterocycles. The summed E-state index contributed by atoms with van der Waals surface area (Å²) >= 11 is 0. The molecule has 12 heavy (non-hydrogen) atoms. The van der Waals surface area contributed by atoms with E-state index in [4.69, 9.17) is 10.5 Å². The molecule has 1 saturated carbocycles. The van der Waals surface area contributed by atoms with Gasteiger partial charge in [0.2, 0.25) is 0 Å². The van der Waals surface area contributed by atoms with Crippen LogP contribution in [-0.4, -0.2) is 17.6 Å². The van der Waals surface area contributed by atoms with E-state index in [0.29, 0.717) is 0 Å². The summed E-state index contributed by atoms with van der Waals surface area (Å²) in [5.41, 5.74) is 5.17. The third-order valence-electron chi connectivity index (χ3n) is 2.38. The van der Waals surface area contributed by atoms with Crippen molar-refractivity contribution in [2.75, 3.05) is 0 Å². The number of carbonyl (C=O) groups excluding carboxylic acids is 1. The van der Waals surface area contributed by atoms with Crippen LogP contribution in [0, 0.1) is 0 Å². The number of rotatable bonds is 2. The van der Waals surface area contributed by atoms with Gasteiger partial charge in [-0.3, -0.25) is 4.79 Å². The maximum atomic E-state index is 11.2. The van der Waals surface area contributed by atoms with E-state index < -0.39 is 6.04 Å². The van der Waals surface area contributed by atoms with Gasteiger partial charge in [0.25, 0.3) is 0 Å². The molecule has 0 spiro atoms. The fourth-order valence-electron chi connectivity index (χ4n) is 1.56. The summed E-state index contributed by atoms with van der Waals surface area (Å²) < 4.78 is 5.30. The molecule has 0 aliphatic heterocycles.